The highest BCUT2D eigenvalue weighted by Crippen LogP contribution is 2.33. The molecule has 0 saturated heterocycles. The van der Waals surface area contributed by atoms with Crippen molar-refractivity contribution in [3.05, 3.63) is 74.6 Å². The van der Waals surface area contributed by atoms with Crippen LogP contribution in [0.15, 0.2) is 48.9 Å². The number of hydrogen-bond donors (Lipinski definition) is 3. The van der Waals surface area contributed by atoms with Gasteiger partial charge < -0.3 is 20.3 Å². The Labute approximate surface area is 200 Å². The number of carbonyl (C=O) groups is 1. The zero-order chi connectivity index (χ0) is 24.0. The third-order valence-electron chi connectivity index (χ3n) is 4.76. The number of aromatic nitrogens is 2. The van der Waals surface area contributed by atoms with Gasteiger partial charge in [0, 0.05) is 59.3 Å². The third kappa shape index (κ3) is 6.67. The summed E-state index contributed by atoms with van der Waals surface area (Å²) >= 11 is 12.4. The molecule has 3 aromatic rings. The highest BCUT2D eigenvalue weighted by atomic mass is 35.5. The van der Waals surface area contributed by atoms with Crippen LogP contribution in [0.4, 0.5) is 11.5 Å². The Morgan fingerprint density at radius 1 is 1.24 bits per heavy atom. The van der Waals surface area contributed by atoms with Gasteiger partial charge in [0.1, 0.15) is 12.0 Å². The van der Waals surface area contributed by atoms with Crippen LogP contribution in [0.25, 0.3) is 11.1 Å². The van der Waals surface area contributed by atoms with E-state index >= 15 is 0 Å². The molecule has 2 heterocycles. The number of anilines is 1. The number of pyridine rings is 1. The van der Waals surface area contributed by atoms with Crippen LogP contribution in [0, 0.1) is 10.1 Å². The maximum absolute atomic E-state index is 12.8. The van der Waals surface area contributed by atoms with Gasteiger partial charge in [0.05, 0.1) is 16.6 Å². The molecule has 0 radical (unpaired) electrons. The monoisotopic (exact) mass is 491 g/mol. The van der Waals surface area contributed by atoms with Crippen LogP contribution < -0.4 is 10.6 Å². The van der Waals surface area contributed by atoms with Crippen molar-refractivity contribution in [3.63, 3.8) is 0 Å². The smallest absolute Gasteiger partial charge is 0.287 e. The SMILES string of the molecule is C[C@H](O)CNC(=O)c1cn(CCCNc2ccc([N+](=O)[O-])cn2)cc1-c1ccc(Cl)cc1Cl. The standard InChI is InChI=1S/C22H23Cl2N5O4/c1-14(30)10-27-22(31)19-13-28(12-18(19)17-5-3-15(23)9-20(17)24)8-2-7-25-21-6-4-16(11-26-21)29(32)33/h3-6,9,11-14,30H,2,7-8,10H2,1H3,(H,25,26)(H,27,31)/t14-/m0/s1. The van der Waals surface area contributed by atoms with E-state index in [1.807, 2.05) is 10.8 Å². The number of aliphatic hydroxyl groups excluding tert-OH is 1. The minimum absolute atomic E-state index is 0.0670. The molecule has 1 aromatic carbocycles. The highest BCUT2D eigenvalue weighted by molar-refractivity contribution is 6.36. The van der Waals surface area contributed by atoms with E-state index in [0.717, 1.165) is 0 Å². The molecule has 0 fully saturated rings. The molecule has 0 bridgehead atoms. The number of nitrogens with zero attached hydrogens (tertiary/aromatic N) is 3. The van der Waals surface area contributed by atoms with Crippen molar-refractivity contribution in [1.29, 1.82) is 0 Å². The minimum atomic E-state index is -0.669. The van der Waals surface area contributed by atoms with E-state index in [-0.39, 0.29) is 18.1 Å². The molecule has 3 rings (SSSR count). The van der Waals surface area contributed by atoms with Gasteiger partial charge in [0.2, 0.25) is 0 Å². The average molecular weight is 492 g/mol. The molecule has 33 heavy (non-hydrogen) atoms. The van der Waals surface area contributed by atoms with Gasteiger partial charge >= 0.3 is 0 Å². The number of halogens is 2. The summed E-state index contributed by atoms with van der Waals surface area (Å²) in [5.41, 5.74) is 1.70. The average Bonchev–Trinajstić information content (AvgIpc) is 3.19. The van der Waals surface area contributed by atoms with Gasteiger partial charge in [0.15, 0.2) is 0 Å². The van der Waals surface area contributed by atoms with Crippen LogP contribution >= 0.6 is 23.2 Å². The molecule has 0 unspecified atom stereocenters. The molecule has 9 nitrogen and oxygen atoms in total. The summed E-state index contributed by atoms with van der Waals surface area (Å²) in [6.45, 7) is 2.89. The zero-order valence-corrected chi connectivity index (χ0v) is 19.3. The van der Waals surface area contributed by atoms with Crippen LogP contribution in [0.1, 0.15) is 23.7 Å². The Morgan fingerprint density at radius 3 is 2.67 bits per heavy atom. The maximum atomic E-state index is 12.8. The lowest BCUT2D eigenvalue weighted by molar-refractivity contribution is -0.385. The number of rotatable bonds is 10. The predicted molar refractivity (Wildman–Crippen MR) is 128 cm³/mol. The number of nitro groups is 1. The van der Waals surface area contributed by atoms with E-state index in [1.165, 1.54) is 12.3 Å². The third-order valence-corrected chi connectivity index (χ3v) is 5.31. The molecule has 0 spiro atoms. The second kappa shape index (κ2) is 11.1. The van der Waals surface area contributed by atoms with Crippen LogP contribution in [-0.2, 0) is 6.54 Å². The first-order valence-corrected chi connectivity index (χ1v) is 11.0. The van der Waals surface area contributed by atoms with Crippen molar-refractivity contribution in [2.45, 2.75) is 26.0 Å². The fourth-order valence-corrected chi connectivity index (χ4v) is 3.66. The van der Waals surface area contributed by atoms with Crippen molar-refractivity contribution in [2.24, 2.45) is 0 Å². The number of amides is 1. The Kier molecular flexibility index (Phi) is 8.26. The van der Waals surface area contributed by atoms with Crippen molar-refractivity contribution in [3.8, 4) is 11.1 Å². The molecule has 0 aliphatic carbocycles. The Balaban J connectivity index is 1.71. The molecule has 1 amide bonds. The van der Waals surface area contributed by atoms with E-state index in [4.69, 9.17) is 23.2 Å². The largest absolute Gasteiger partial charge is 0.392 e. The summed E-state index contributed by atoms with van der Waals surface area (Å²) in [7, 11) is 0. The normalized spacial score (nSPS) is 11.8. The molecule has 1 atom stereocenters. The predicted octanol–water partition coefficient (Wildman–Crippen LogP) is 4.38. The maximum Gasteiger partial charge on any atom is 0.287 e. The number of nitrogens with one attached hydrogen (secondary N) is 2. The lowest BCUT2D eigenvalue weighted by atomic mass is 10.0. The lowest BCUT2D eigenvalue weighted by Crippen LogP contribution is -2.30. The van der Waals surface area contributed by atoms with E-state index in [2.05, 4.69) is 15.6 Å². The van der Waals surface area contributed by atoms with Gasteiger partial charge in [-0.05, 0) is 31.5 Å². The molecule has 174 valence electrons. The first-order valence-electron chi connectivity index (χ1n) is 10.2. The molecule has 0 aliphatic rings. The first kappa shape index (κ1) is 24.5. The molecule has 0 aliphatic heterocycles. The molecule has 11 heteroatoms. The number of aryl methyl sites for hydroxylation is 1. The Morgan fingerprint density at radius 2 is 2.03 bits per heavy atom. The summed E-state index contributed by atoms with van der Waals surface area (Å²) in [6, 6.07) is 8.03. The summed E-state index contributed by atoms with van der Waals surface area (Å²) in [6.07, 6.45) is 4.82. The zero-order valence-electron chi connectivity index (χ0n) is 17.8. The molecule has 3 N–H and O–H groups in total. The number of aliphatic hydroxyl groups is 1. The quantitative estimate of drug-likeness (QED) is 0.219. The van der Waals surface area contributed by atoms with E-state index in [0.29, 0.717) is 52.1 Å². The van der Waals surface area contributed by atoms with E-state index in [9.17, 15) is 20.0 Å². The number of carbonyl (C=O) groups excluding carboxylic acids is 1. The van der Waals surface area contributed by atoms with E-state index in [1.54, 1.807) is 37.4 Å². The van der Waals surface area contributed by atoms with Gasteiger partial charge in [-0.15, -0.1) is 0 Å². The van der Waals surface area contributed by atoms with Crippen LogP contribution in [0.5, 0.6) is 0 Å². The minimum Gasteiger partial charge on any atom is -0.392 e. The van der Waals surface area contributed by atoms with Crippen molar-refractivity contribution in [1.82, 2.24) is 14.9 Å². The lowest BCUT2D eigenvalue weighted by Gasteiger charge is -2.09. The fraction of sp³-hybridized carbons (Fsp3) is 0.273. The topological polar surface area (TPSA) is 122 Å². The first-order chi connectivity index (χ1) is 15.7. The van der Waals surface area contributed by atoms with Crippen LogP contribution in [0.2, 0.25) is 10.0 Å². The van der Waals surface area contributed by atoms with Crippen molar-refractivity contribution < 1.29 is 14.8 Å². The van der Waals surface area contributed by atoms with Gasteiger partial charge in [-0.1, -0.05) is 29.3 Å². The summed E-state index contributed by atoms with van der Waals surface area (Å²) in [4.78, 5) is 27.0. The van der Waals surface area contributed by atoms with Crippen molar-refractivity contribution >= 4 is 40.6 Å². The number of hydrogen-bond acceptors (Lipinski definition) is 6. The summed E-state index contributed by atoms with van der Waals surface area (Å²) in [5, 5.41) is 27.0. The highest BCUT2D eigenvalue weighted by Gasteiger charge is 2.18. The second-order valence-electron chi connectivity index (χ2n) is 7.45. The number of benzene rings is 1. The van der Waals surface area contributed by atoms with Gasteiger partial charge in [-0.25, -0.2) is 4.98 Å². The van der Waals surface area contributed by atoms with Gasteiger partial charge in [-0.2, -0.15) is 0 Å². The Bertz CT molecular complexity index is 1130. The van der Waals surface area contributed by atoms with Crippen LogP contribution in [0.3, 0.4) is 0 Å². The molecular formula is C22H23Cl2N5O4. The van der Waals surface area contributed by atoms with E-state index < -0.39 is 11.0 Å². The van der Waals surface area contributed by atoms with Crippen LogP contribution in [-0.4, -0.2) is 44.7 Å². The molecule has 2 aromatic heterocycles. The Hall–Kier alpha value is -3.14. The van der Waals surface area contributed by atoms with Crippen molar-refractivity contribution in [2.75, 3.05) is 18.4 Å². The summed E-state index contributed by atoms with van der Waals surface area (Å²) in [5.74, 6) is 0.226. The van der Waals surface area contributed by atoms with Gasteiger partial charge in [0.25, 0.3) is 11.6 Å². The van der Waals surface area contributed by atoms with Gasteiger partial charge in [-0.3, -0.25) is 14.9 Å². The fourth-order valence-electron chi connectivity index (χ4n) is 3.15. The second-order valence-corrected chi connectivity index (χ2v) is 8.29. The molecule has 0 saturated carbocycles. The summed E-state index contributed by atoms with van der Waals surface area (Å²) < 4.78 is 1.89. The molecular weight excluding hydrogens is 469 g/mol.